The Bertz CT molecular complexity index is 973. The molecule has 0 atom stereocenters. The van der Waals surface area contributed by atoms with Gasteiger partial charge in [0.2, 0.25) is 0 Å². The lowest BCUT2D eigenvalue weighted by molar-refractivity contribution is -0.127. The standard InChI is InChI=1S/C21H26F3N5O2/c1-19(2,3)31-18(30)28-6-4-20(5-7-28)11-29(12-20)17-15-8-14(9-21(22,23)24)10-25-16(15)26-13-27-17/h8,10,13H,4-7,9,11-12H2,1-3H3. The molecule has 2 aliphatic heterocycles. The van der Waals surface area contributed by atoms with Gasteiger partial charge in [-0.2, -0.15) is 13.2 Å². The van der Waals surface area contributed by atoms with E-state index in [1.54, 1.807) is 4.90 Å². The Kier molecular flexibility index (Phi) is 5.21. The number of carbonyl (C=O) groups excluding carboxylic acids is 1. The third-order valence-electron chi connectivity index (χ3n) is 5.76. The van der Waals surface area contributed by atoms with Crippen LogP contribution in [0.5, 0.6) is 0 Å². The Morgan fingerprint density at radius 3 is 2.42 bits per heavy atom. The van der Waals surface area contributed by atoms with Crippen molar-refractivity contribution in [3.63, 3.8) is 0 Å². The summed E-state index contributed by atoms with van der Waals surface area (Å²) in [6.07, 6.45) is -1.31. The van der Waals surface area contributed by atoms with Gasteiger partial charge in [-0.3, -0.25) is 0 Å². The summed E-state index contributed by atoms with van der Waals surface area (Å²) < 4.78 is 43.8. The van der Waals surface area contributed by atoms with Gasteiger partial charge in [0.15, 0.2) is 5.65 Å². The molecule has 1 spiro atoms. The maximum Gasteiger partial charge on any atom is 0.410 e. The number of fused-ring (bicyclic) bond motifs is 1. The third kappa shape index (κ3) is 4.83. The predicted octanol–water partition coefficient (Wildman–Crippen LogP) is 3.97. The summed E-state index contributed by atoms with van der Waals surface area (Å²) in [6.45, 7) is 8.29. The second-order valence-corrected chi connectivity index (χ2v) is 9.53. The number of ether oxygens (including phenoxy) is 1. The molecule has 0 N–H and O–H groups in total. The summed E-state index contributed by atoms with van der Waals surface area (Å²) in [6, 6.07) is 1.49. The molecule has 31 heavy (non-hydrogen) atoms. The van der Waals surface area contributed by atoms with E-state index >= 15 is 0 Å². The van der Waals surface area contributed by atoms with Gasteiger partial charge < -0.3 is 14.5 Å². The van der Waals surface area contributed by atoms with Crippen LogP contribution in [-0.4, -0.2) is 63.9 Å². The number of carbonyl (C=O) groups is 1. The lowest BCUT2D eigenvalue weighted by Crippen LogP contribution is -2.61. The van der Waals surface area contributed by atoms with E-state index in [1.165, 1.54) is 18.6 Å². The average molecular weight is 437 g/mol. The maximum absolute atomic E-state index is 12.8. The van der Waals surface area contributed by atoms with E-state index in [2.05, 4.69) is 19.9 Å². The normalized spacial score (nSPS) is 18.9. The van der Waals surface area contributed by atoms with E-state index in [4.69, 9.17) is 4.74 Å². The quantitative estimate of drug-likeness (QED) is 0.708. The Balaban J connectivity index is 1.43. The summed E-state index contributed by atoms with van der Waals surface area (Å²) in [4.78, 5) is 28.6. The number of aromatic nitrogens is 3. The van der Waals surface area contributed by atoms with E-state index in [0.717, 1.165) is 25.9 Å². The highest BCUT2D eigenvalue weighted by atomic mass is 19.4. The number of hydrogen-bond donors (Lipinski definition) is 0. The molecular formula is C21H26F3N5O2. The third-order valence-corrected chi connectivity index (χ3v) is 5.76. The molecule has 4 rings (SSSR count). The van der Waals surface area contributed by atoms with E-state index in [0.29, 0.717) is 29.9 Å². The van der Waals surface area contributed by atoms with Crippen LogP contribution in [0, 0.1) is 5.41 Å². The Labute approximate surface area is 178 Å². The van der Waals surface area contributed by atoms with Gasteiger partial charge in [-0.15, -0.1) is 0 Å². The zero-order chi connectivity index (χ0) is 22.4. The molecule has 0 bridgehead atoms. The number of halogens is 3. The average Bonchev–Trinajstić information content (AvgIpc) is 2.63. The number of rotatable bonds is 2. The van der Waals surface area contributed by atoms with Crippen LogP contribution in [-0.2, 0) is 11.2 Å². The van der Waals surface area contributed by atoms with Crippen molar-refractivity contribution in [1.82, 2.24) is 19.9 Å². The van der Waals surface area contributed by atoms with Gasteiger partial charge in [-0.25, -0.2) is 19.7 Å². The number of amides is 1. The molecule has 168 valence electrons. The second-order valence-electron chi connectivity index (χ2n) is 9.53. The lowest BCUT2D eigenvalue weighted by Gasteiger charge is -2.54. The van der Waals surface area contributed by atoms with Crippen molar-refractivity contribution >= 4 is 22.9 Å². The zero-order valence-corrected chi connectivity index (χ0v) is 17.9. The van der Waals surface area contributed by atoms with Gasteiger partial charge in [-0.05, 0) is 45.2 Å². The number of hydrogen-bond acceptors (Lipinski definition) is 6. The summed E-state index contributed by atoms with van der Waals surface area (Å²) in [5.74, 6) is 0.613. The molecule has 2 aromatic rings. The smallest absolute Gasteiger partial charge is 0.410 e. The topological polar surface area (TPSA) is 71.5 Å². The van der Waals surface area contributed by atoms with Gasteiger partial charge in [-0.1, -0.05) is 0 Å². The highest BCUT2D eigenvalue weighted by molar-refractivity contribution is 5.87. The fourth-order valence-electron chi connectivity index (χ4n) is 4.28. The van der Waals surface area contributed by atoms with Crippen molar-refractivity contribution in [2.45, 2.75) is 51.8 Å². The Morgan fingerprint density at radius 1 is 1.13 bits per heavy atom. The maximum atomic E-state index is 12.8. The van der Waals surface area contributed by atoms with Crippen molar-refractivity contribution in [2.75, 3.05) is 31.1 Å². The fraction of sp³-hybridized carbons (Fsp3) is 0.619. The molecule has 7 nitrogen and oxygen atoms in total. The van der Waals surface area contributed by atoms with Crippen molar-refractivity contribution < 1.29 is 22.7 Å². The minimum atomic E-state index is -4.30. The largest absolute Gasteiger partial charge is 0.444 e. The van der Waals surface area contributed by atoms with Gasteiger partial charge in [0, 0.05) is 37.8 Å². The van der Waals surface area contributed by atoms with Gasteiger partial charge >= 0.3 is 12.3 Å². The van der Waals surface area contributed by atoms with Crippen LogP contribution in [0.1, 0.15) is 39.2 Å². The van der Waals surface area contributed by atoms with Crippen molar-refractivity contribution in [3.05, 3.63) is 24.2 Å². The number of likely N-dealkylation sites (tertiary alicyclic amines) is 1. The minimum Gasteiger partial charge on any atom is -0.444 e. The number of piperidine rings is 1. The number of alkyl halides is 3. The Morgan fingerprint density at radius 2 is 1.81 bits per heavy atom. The predicted molar refractivity (Wildman–Crippen MR) is 109 cm³/mol. The first kappa shape index (κ1) is 21.6. The first-order valence-corrected chi connectivity index (χ1v) is 10.3. The lowest BCUT2D eigenvalue weighted by atomic mass is 9.72. The van der Waals surface area contributed by atoms with Crippen LogP contribution in [0.4, 0.5) is 23.8 Å². The van der Waals surface area contributed by atoms with E-state index in [1.807, 2.05) is 20.8 Å². The van der Waals surface area contributed by atoms with Gasteiger partial charge in [0.05, 0.1) is 11.8 Å². The van der Waals surface area contributed by atoms with Crippen molar-refractivity contribution in [2.24, 2.45) is 5.41 Å². The van der Waals surface area contributed by atoms with Crippen LogP contribution in [0.15, 0.2) is 18.6 Å². The molecule has 2 aliphatic rings. The summed E-state index contributed by atoms with van der Waals surface area (Å²) in [7, 11) is 0. The van der Waals surface area contributed by atoms with Crippen LogP contribution in [0.2, 0.25) is 0 Å². The molecule has 1 amide bonds. The monoisotopic (exact) mass is 437 g/mol. The molecule has 0 radical (unpaired) electrons. The zero-order valence-electron chi connectivity index (χ0n) is 17.9. The summed E-state index contributed by atoms with van der Waals surface area (Å²) in [5.41, 5.74) is 0.0351. The van der Waals surface area contributed by atoms with Gasteiger partial charge in [0.1, 0.15) is 17.7 Å². The molecule has 0 aromatic carbocycles. The summed E-state index contributed by atoms with van der Waals surface area (Å²) in [5, 5.41) is 0.533. The number of nitrogens with zero attached hydrogens (tertiary/aromatic N) is 5. The van der Waals surface area contributed by atoms with E-state index in [9.17, 15) is 18.0 Å². The Hall–Kier alpha value is -2.65. The number of anilines is 1. The SMILES string of the molecule is CC(C)(C)OC(=O)N1CCC2(CC1)CN(c1ncnc3ncc(CC(F)(F)F)cc13)C2. The highest BCUT2D eigenvalue weighted by Gasteiger charge is 2.46. The van der Waals surface area contributed by atoms with Crippen LogP contribution in [0.3, 0.4) is 0 Å². The molecule has 4 heterocycles. The molecular weight excluding hydrogens is 411 g/mol. The molecule has 0 saturated carbocycles. The first-order valence-electron chi connectivity index (χ1n) is 10.3. The van der Waals surface area contributed by atoms with Crippen LogP contribution < -0.4 is 4.90 Å². The molecule has 0 unspecified atom stereocenters. The molecule has 2 saturated heterocycles. The first-order chi connectivity index (χ1) is 14.4. The fourth-order valence-corrected chi connectivity index (χ4v) is 4.28. The van der Waals surface area contributed by atoms with Crippen LogP contribution in [0.25, 0.3) is 11.0 Å². The van der Waals surface area contributed by atoms with Crippen molar-refractivity contribution in [1.29, 1.82) is 0 Å². The highest BCUT2D eigenvalue weighted by Crippen LogP contribution is 2.43. The van der Waals surface area contributed by atoms with Crippen molar-refractivity contribution in [3.8, 4) is 0 Å². The van der Waals surface area contributed by atoms with E-state index in [-0.39, 0.29) is 17.1 Å². The molecule has 2 aromatic heterocycles. The molecule has 0 aliphatic carbocycles. The van der Waals surface area contributed by atoms with Gasteiger partial charge in [0.25, 0.3) is 0 Å². The van der Waals surface area contributed by atoms with E-state index < -0.39 is 18.2 Å². The second kappa shape index (κ2) is 7.49. The molecule has 2 fully saturated rings. The van der Waals surface area contributed by atoms with Crippen LogP contribution >= 0.6 is 0 Å². The molecule has 10 heteroatoms. The minimum absolute atomic E-state index is 0.0762. The number of pyridine rings is 1. The summed E-state index contributed by atoms with van der Waals surface area (Å²) >= 11 is 0.